The Balaban J connectivity index is -0.000000271. The number of aromatic nitrogens is 2. The summed E-state index contributed by atoms with van der Waals surface area (Å²) in [5.41, 5.74) is 1.86. The van der Waals surface area contributed by atoms with Crippen molar-refractivity contribution in [3.63, 3.8) is 0 Å². The molecule has 1 aromatic heterocycles. The molecule has 0 aliphatic rings. The van der Waals surface area contributed by atoms with E-state index in [1.165, 1.54) is 16.5 Å². The third-order valence-electron chi connectivity index (χ3n) is 5.90. The van der Waals surface area contributed by atoms with Crippen molar-refractivity contribution in [3.8, 4) is 0 Å². The average molecular weight is 835 g/mol. The molecular weight excluding hydrogens is 788 g/mol. The number of benzene rings is 2. The van der Waals surface area contributed by atoms with Crippen LogP contribution in [0.5, 0.6) is 0 Å². The van der Waals surface area contributed by atoms with Crippen LogP contribution in [-0.4, -0.2) is 42.3 Å². The van der Waals surface area contributed by atoms with Crippen LogP contribution in [0.25, 0.3) is 0 Å². The molecule has 16 heteroatoms. The Morgan fingerprint density at radius 2 is 1.09 bits per heavy atom. The zero-order valence-electron chi connectivity index (χ0n) is 26.8. The maximum atomic E-state index is 12.1. The number of hydrogen-bond donors (Lipinski definition) is 7. The van der Waals surface area contributed by atoms with Crippen molar-refractivity contribution in [1.82, 2.24) is 22.0 Å². The van der Waals surface area contributed by atoms with Gasteiger partial charge in [-0.1, -0.05) is 81.0 Å². The minimum Gasteiger partial charge on any atom is -0.481 e. The van der Waals surface area contributed by atoms with E-state index < -0.39 is 40.8 Å². The molecule has 1 heterocycles. The van der Waals surface area contributed by atoms with Gasteiger partial charge in [0.25, 0.3) is 0 Å². The number of carboxylic acids is 2. The minimum atomic E-state index is -1.36. The number of carboxylic acid groups (broad SMARTS) is 2. The van der Waals surface area contributed by atoms with Crippen LogP contribution in [0.15, 0.2) is 69.7 Å². The van der Waals surface area contributed by atoms with Crippen molar-refractivity contribution in [1.29, 1.82) is 0 Å². The van der Waals surface area contributed by atoms with Crippen LogP contribution in [0.2, 0.25) is 0 Å². The summed E-state index contributed by atoms with van der Waals surface area (Å²) in [5, 5.41) is 34.0. The van der Waals surface area contributed by atoms with E-state index in [1.807, 2.05) is 48.5 Å². The Kier molecular flexibility index (Phi) is 26.5. The van der Waals surface area contributed by atoms with Crippen molar-refractivity contribution in [3.05, 3.63) is 109 Å². The number of carbonyl (C=O) groups is 2. The number of aliphatic carboxylic acids is 2. The predicted octanol–water partition coefficient (Wildman–Crippen LogP) is 5.52. The zero-order valence-corrected chi connectivity index (χ0v) is 29.0. The van der Waals surface area contributed by atoms with Gasteiger partial charge in [-0.3, -0.25) is 14.4 Å². The normalized spacial score (nSPS) is 10.7. The second-order valence-electron chi connectivity index (χ2n) is 10.4. The largest absolute Gasteiger partial charge is 4.00 e. The van der Waals surface area contributed by atoms with Gasteiger partial charge in [-0.15, -0.1) is 4.91 Å². The fourth-order valence-electron chi connectivity index (χ4n) is 3.55. The molecule has 0 bridgehead atoms. The van der Waals surface area contributed by atoms with Crippen LogP contribution in [0.4, 0.5) is 4.39 Å². The molecule has 2 atom stereocenters. The summed E-state index contributed by atoms with van der Waals surface area (Å²) >= 11 is 0. The first kappa shape index (κ1) is 48.7. The standard InChI is InChI=1S/2C13H18O2.C4H3FN2O3.HNO2.2H3N.Pt/c2*1-9(2)8-11-4-6-12(7-5-11)10(3)13(14)15;5-2-1-6-4(9)7(10)3(2)8;2-1-3;;;/h2*4-7,9-10H,8H2,1-3H3,(H,14,15);1,10H,(H,6,9);(H,2,3);2*1H3;/q;;;;;;+4. The van der Waals surface area contributed by atoms with Gasteiger partial charge in [0.2, 0.25) is 5.82 Å². The van der Waals surface area contributed by atoms with Crippen molar-refractivity contribution in [2.24, 2.45) is 17.2 Å². The van der Waals surface area contributed by atoms with Crippen molar-refractivity contribution < 1.29 is 55.7 Å². The molecule has 0 radical (unpaired) electrons. The second kappa shape index (κ2) is 25.0. The molecule has 2 aromatic carbocycles. The van der Waals surface area contributed by atoms with Gasteiger partial charge < -0.3 is 37.9 Å². The molecule has 3 rings (SSSR count). The Labute approximate surface area is 281 Å². The SMILES string of the molecule is CC(C)Cc1ccc(C(C)C(=O)O)cc1.CC(C)Cc1ccc(C(C)C(=O)O)cc1.N.N.O=NO.O=c1[nH]cc(F)c(=O)n1O.[Pt+4]. The first-order valence-electron chi connectivity index (χ1n) is 13.3. The Morgan fingerprint density at radius 3 is 1.33 bits per heavy atom. The molecule has 0 aliphatic carbocycles. The summed E-state index contributed by atoms with van der Waals surface area (Å²) in [4.78, 5) is 52.0. The van der Waals surface area contributed by atoms with Crippen LogP contribution in [0, 0.1) is 22.6 Å². The summed E-state index contributed by atoms with van der Waals surface area (Å²) in [5.74, 6) is -2.32. The van der Waals surface area contributed by atoms with E-state index >= 15 is 0 Å². The van der Waals surface area contributed by atoms with Crippen molar-refractivity contribution >= 4 is 11.9 Å². The molecule has 11 N–H and O–H groups in total. The van der Waals surface area contributed by atoms with Gasteiger partial charge in [-0.05, 0) is 60.8 Å². The molecule has 46 heavy (non-hydrogen) atoms. The van der Waals surface area contributed by atoms with Gasteiger partial charge in [0.15, 0.2) is 5.34 Å². The van der Waals surface area contributed by atoms with E-state index in [-0.39, 0.29) is 38.1 Å². The number of halogens is 1. The van der Waals surface area contributed by atoms with E-state index in [0.29, 0.717) is 18.0 Å². The Bertz CT molecular complexity index is 1340. The smallest absolute Gasteiger partial charge is 0.481 e. The number of nitrogens with zero attached hydrogens (tertiary/aromatic N) is 2. The van der Waals surface area contributed by atoms with Gasteiger partial charge in [0.1, 0.15) is 0 Å². The van der Waals surface area contributed by atoms with Gasteiger partial charge in [0.05, 0.1) is 11.8 Å². The maximum Gasteiger partial charge on any atom is 4.00 e. The molecule has 0 fully saturated rings. The van der Waals surface area contributed by atoms with Crippen molar-refractivity contribution in [2.45, 2.75) is 66.2 Å². The molecule has 14 nitrogen and oxygen atoms in total. The fourth-order valence-corrected chi connectivity index (χ4v) is 3.55. The molecule has 0 saturated carbocycles. The van der Waals surface area contributed by atoms with E-state index in [2.05, 4.69) is 27.7 Å². The fraction of sp³-hybridized carbons (Fsp3) is 0.400. The Morgan fingerprint density at radius 1 is 0.783 bits per heavy atom. The molecule has 0 aliphatic heterocycles. The quantitative estimate of drug-likeness (QED) is 0.0843. The maximum absolute atomic E-state index is 12.1. The zero-order chi connectivity index (χ0) is 33.3. The average Bonchev–Trinajstić information content (AvgIpc) is 2.94. The molecule has 2 unspecified atom stereocenters. The molecule has 0 saturated heterocycles. The van der Waals surface area contributed by atoms with Crippen LogP contribution in [0.3, 0.4) is 0 Å². The summed E-state index contributed by atoms with van der Waals surface area (Å²) < 4.78 is 11.8. The van der Waals surface area contributed by atoms with Crippen LogP contribution in [0.1, 0.15) is 75.6 Å². The monoisotopic (exact) mass is 834 g/mol. The summed E-state index contributed by atoms with van der Waals surface area (Å²) in [6.07, 6.45) is 2.67. The van der Waals surface area contributed by atoms with Gasteiger partial charge >= 0.3 is 44.3 Å². The molecular formula is C30H46FN5O9Pt+4. The first-order valence-corrected chi connectivity index (χ1v) is 13.3. The summed E-state index contributed by atoms with van der Waals surface area (Å²) in [6, 6.07) is 15.7. The van der Waals surface area contributed by atoms with Crippen LogP contribution in [-0.2, 0) is 43.5 Å². The first-order chi connectivity index (χ1) is 20.0. The second-order valence-corrected chi connectivity index (χ2v) is 10.4. The van der Waals surface area contributed by atoms with Gasteiger partial charge in [0, 0.05) is 6.20 Å². The van der Waals surface area contributed by atoms with Crippen LogP contribution < -0.4 is 23.6 Å². The van der Waals surface area contributed by atoms with E-state index in [9.17, 15) is 23.6 Å². The molecule has 0 amide bonds. The van der Waals surface area contributed by atoms with E-state index in [1.54, 1.807) is 18.8 Å². The number of H-pyrrole nitrogens is 1. The third-order valence-corrected chi connectivity index (χ3v) is 5.90. The number of hydrogen-bond acceptors (Lipinski definition) is 9. The van der Waals surface area contributed by atoms with Crippen LogP contribution >= 0.6 is 0 Å². The topological polar surface area (TPSA) is 269 Å². The van der Waals surface area contributed by atoms with E-state index in [0.717, 1.165) is 24.0 Å². The van der Waals surface area contributed by atoms with Crippen molar-refractivity contribution in [2.75, 3.05) is 0 Å². The molecule has 258 valence electrons. The summed E-state index contributed by atoms with van der Waals surface area (Å²) in [7, 11) is 0. The predicted molar refractivity (Wildman–Crippen MR) is 168 cm³/mol. The Hall–Kier alpha value is -4.20. The summed E-state index contributed by atoms with van der Waals surface area (Å²) in [6.45, 7) is 12.1. The third kappa shape index (κ3) is 18.6. The number of aromatic amines is 1. The molecule has 0 spiro atoms. The minimum absolute atomic E-state index is 0. The molecule has 3 aromatic rings. The van der Waals surface area contributed by atoms with E-state index in [4.69, 9.17) is 25.5 Å². The van der Waals surface area contributed by atoms with Gasteiger partial charge in [-0.25, -0.2) is 4.79 Å². The number of nitrogens with one attached hydrogen (secondary N) is 1. The van der Waals surface area contributed by atoms with Gasteiger partial charge in [-0.2, -0.15) is 4.39 Å². The number of rotatable bonds is 8.